The molecule has 2 N–H and O–H groups in total. The zero-order chi connectivity index (χ0) is 37.3. The van der Waals surface area contributed by atoms with Crippen LogP contribution in [0.2, 0.25) is 0 Å². The molecule has 272 valence electrons. The van der Waals surface area contributed by atoms with Crippen LogP contribution in [-0.2, 0) is 24.0 Å². The fourth-order valence-corrected chi connectivity index (χ4v) is 5.70. The van der Waals surface area contributed by atoms with Gasteiger partial charge < -0.3 is 29.7 Å². The number of Topliss-reactive ketones (excluding diaryl/α,β-unsaturated/α-hetero) is 1. The number of amides is 2. The molecule has 0 fully saturated rings. The molecular formula is C41H45N3O8. The number of oxime groups is 1. The molecule has 0 spiro atoms. The number of nitrogens with one attached hydrogen (secondary N) is 2. The minimum absolute atomic E-state index is 0.0691. The topological polar surface area (TPSA) is 142 Å². The Bertz CT molecular complexity index is 1910. The standard InChI is InChI=1S/C41H45N3O8/c1-27(2)37(43-38(47)30-21-20-28-14-12-13-15-29(28)22-30)34-24-41(52-44-34,26-50-32-18-10-7-11-19-32)39(48)42-33(23-36(46)51-40(3,4)5)35(45)25-49-31-16-8-6-9-17-31/h6-22,27,33,37H,23-26H2,1-5H3,(H,42,48)(H,43,47)/t33-,37-,41?/m0/s1. The molecular weight excluding hydrogens is 662 g/mol. The van der Waals surface area contributed by atoms with Crippen LogP contribution >= 0.6 is 0 Å². The maximum absolute atomic E-state index is 14.3. The Hall–Kier alpha value is -5.71. The van der Waals surface area contributed by atoms with Gasteiger partial charge >= 0.3 is 5.97 Å². The second-order valence-corrected chi connectivity index (χ2v) is 14.1. The molecule has 0 saturated heterocycles. The molecule has 2 amide bonds. The average molecular weight is 708 g/mol. The Morgan fingerprint density at radius 1 is 0.808 bits per heavy atom. The van der Waals surface area contributed by atoms with E-state index in [4.69, 9.17) is 19.0 Å². The van der Waals surface area contributed by atoms with Crippen LogP contribution in [0.25, 0.3) is 10.8 Å². The molecule has 52 heavy (non-hydrogen) atoms. The van der Waals surface area contributed by atoms with Crippen molar-refractivity contribution in [2.24, 2.45) is 11.1 Å². The Morgan fingerprint density at radius 2 is 1.42 bits per heavy atom. The number of carbonyl (C=O) groups excluding carboxylic acids is 4. The fraction of sp³-hybridized carbons (Fsp3) is 0.341. The van der Waals surface area contributed by atoms with Gasteiger partial charge in [-0.1, -0.05) is 85.7 Å². The van der Waals surface area contributed by atoms with E-state index in [9.17, 15) is 19.2 Å². The summed E-state index contributed by atoms with van der Waals surface area (Å²) in [6.07, 6.45) is -0.514. The molecule has 11 heteroatoms. The summed E-state index contributed by atoms with van der Waals surface area (Å²) in [5, 5.41) is 12.1. The molecule has 0 bridgehead atoms. The van der Waals surface area contributed by atoms with Gasteiger partial charge in [-0.15, -0.1) is 0 Å². The summed E-state index contributed by atoms with van der Waals surface area (Å²) in [4.78, 5) is 60.3. The largest absolute Gasteiger partial charge is 0.489 e. The number of para-hydroxylation sites is 2. The van der Waals surface area contributed by atoms with Crippen molar-refractivity contribution in [1.82, 2.24) is 10.6 Å². The molecule has 5 rings (SSSR count). The first-order valence-corrected chi connectivity index (χ1v) is 17.3. The summed E-state index contributed by atoms with van der Waals surface area (Å²) in [7, 11) is 0. The van der Waals surface area contributed by atoms with Gasteiger partial charge in [0, 0.05) is 12.0 Å². The van der Waals surface area contributed by atoms with Gasteiger partial charge in [-0.3, -0.25) is 19.2 Å². The van der Waals surface area contributed by atoms with Crippen molar-refractivity contribution in [3.63, 3.8) is 0 Å². The third-order valence-electron chi connectivity index (χ3n) is 8.37. The zero-order valence-electron chi connectivity index (χ0n) is 30.1. The molecule has 0 radical (unpaired) electrons. The Morgan fingerprint density at radius 3 is 2.06 bits per heavy atom. The number of hydrogen-bond donors (Lipinski definition) is 2. The lowest BCUT2D eigenvalue weighted by atomic mass is 9.89. The van der Waals surface area contributed by atoms with Crippen LogP contribution in [0.4, 0.5) is 0 Å². The molecule has 4 aromatic carbocycles. The van der Waals surface area contributed by atoms with Crippen LogP contribution in [0.1, 0.15) is 57.8 Å². The zero-order valence-corrected chi connectivity index (χ0v) is 30.1. The summed E-state index contributed by atoms with van der Waals surface area (Å²) in [5.41, 5.74) is -1.68. The third-order valence-corrected chi connectivity index (χ3v) is 8.37. The van der Waals surface area contributed by atoms with Crippen molar-refractivity contribution >= 4 is 40.1 Å². The first-order valence-electron chi connectivity index (χ1n) is 17.3. The molecule has 11 nitrogen and oxygen atoms in total. The van der Waals surface area contributed by atoms with E-state index in [1.54, 1.807) is 75.4 Å². The third kappa shape index (κ3) is 9.96. The summed E-state index contributed by atoms with van der Waals surface area (Å²) >= 11 is 0. The number of fused-ring (bicyclic) bond motifs is 1. The smallest absolute Gasteiger partial charge is 0.308 e. The van der Waals surface area contributed by atoms with E-state index in [2.05, 4.69) is 15.8 Å². The van der Waals surface area contributed by atoms with Crippen molar-refractivity contribution in [2.75, 3.05) is 13.2 Å². The number of carbonyl (C=O) groups is 4. The molecule has 1 heterocycles. The second-order valence-electron chi connectivity index (χ2n) is 14.1. The first kappa shape index (κ1) is 37.5. The Balaban J connectivity index is 1.37. The maximum atomic E-state index is 14.3. The number of rotatable bonds is 15. The SMILES string of the molecule is CC(C)[C@H](NC(=O)c1ccc2ccccc2c1)C1=NOC(COc2ccccc2)(C(=O)N[C@@H](CC(=O)OC(C)(C)C)C(=O)COc2ccccc2)C1. The molecule has 1 aliphatic heterocycles. The molecule has 0 saturated carbocycles. The fourth-order valence-electron chi connectivity index (χ4n) is 5.70. The number of benzene rings is 4. The lowest BCUT2D eigenvalue weighted by molar-refractivity contribution is -0.157. The lowest BCUT2D eigenvalue weighted by Gasteiger charge is -2.29. The van der Waals surface area contributed by atoms with Gasteiger partial charge in [-0.25, -0.2) is 0 Å². The Kier molecular flexibility index (Phi) is 11.9. The highest BCUT2D eigenvalue weighted by Crippen LogP contribution is 2.30. The highest BCUT2D eigenvalue weighted by Gasteiger charge is 2.50. The molecule has 3 atom stereocenters. The van der Waals surface area contributed by atoms with Gasteiger partial charge in [-0.2, -0.15) is 0 Å². The van der Waals surface area contributed by atoms with E-state index in [0.717, 1.165) is 10.8 Å². The van der Waals surface area contributed by atoms with Crippen LogP contribution in [0.15, 0.2) is 108 Å². The van der Waals surface area contributed by atoms with Crippen molar-refractivity contribution in [1.29, 1.82) is 0 Å². The Labute approximate surface area is 303 Å². The minimum atomic E-state index is -1.75. The van der Waals surface area contributed by atoms with Crippen LogP contribution in [0, 0.1) is 5.92 Å². The van der Waals surface area contributed by atoms with Crippen molar-refractivity contribution in [2.45, 2.75) is 70.7 Å². The quantitative estimate of drug-likeness (QED) is 0.142. The molecule has 0 aromatic heterocycles. The van der Waals surface area contributed by atoms with Crippen molar-refractivity contribution in [3.05, 3.63) is 109 Å². The second kappa shape index (κ2) is 16.5. The predicted molar refractivity (Wildman–Crippen MR) is 197 cm³/mol. The number of hydrogen-bond acceptors (Lipinski definition) is 9. The number of ketones is 1. The normalized spacial score (nSPS) is 16.6. The average Bonchev–Trinajstić information content (AvgIpc) is 3.56. The predicted octanol–water partition coefficient (Wildman–Crippen LogP) is 6.05. The van der Waals surface area contributed by atoms with Gasteiger partial charge in [0.2, 0.25) is 0 Å². The van der Waals surface area contributed by atoms with Gasteiger partial charge in [-0.05, 0) is 73.9 Å². The van der Waals surface area contributed by atoms with E-state index in [0.29, 0.717) is 22.8 Å². The maximum Gasteiger partial charge on any atom is 0.308 e. The van der Waals surface area contributed by atoms with Crippen LogP contribution in [-0.4, -0.2) is 65.8 Å². The van der Waals surface area contributed by atoms with Crippen LogP contribution in [0.5, 0.6) is 11.5 Å². The monoisotopic (exact) mass is 707 g/mol. The first-order chi connectivity index (χ1) is 24.8. The lowest BCUT2D eigenvalue weighted by Crippen LogP contribution is -2.57. The van der Waals surface area contributed by atoms with Gasteiger partial charge in [0.05, 0.1) is 18.2 Å². The van der Waals surface area contributed by atoms with Crippen LogP contribution < -0.4 is 20.1 Å². The van der Waals surface area contributed by atoms with Gasteiger partial charge in [0.15, 0.2) is 5.78 Å². The molecule has 4 aromatic rings. The molecule has 1 aliphatic rings. The summed E-state index contributed by atoms with van der Waals surface area (Å²) in [6.45, 7) is 8.29. The summed E-state index contributed by atoms with van der Waals surface area (Å²) in [6, 6.07) is 28.9. The van der Waals surface area contributed by atoms with Crippen LogP contribution in [0.3, 0.4) is 0 Å². The number of esters is 1. The van der Waals surface area contributed by atoms with E-state index < -0.39 is 54.0 Å². The number of ether oxygens (including phenoxy) is 3. The summed E-state index contributed by atoms with van der Waals surface area (Å²) < 4.78 is 17.2. The van der Waals surface area contributed by atoms with Gasteiger partial charge in [0.1, 0.15) is 36.4 Å². The van der Waals surface area contributed by atoms with E-state index in [-0.39, 0.29) is 24.9 Å². The van der Waals surface area contributed by atoms with Crippen molar-refractivity contribution < 1.29 is 38.2 Å². The molecule has 0 aliphatic carbocycles. The van der Waals surface area contributed by atoms with Gasteiger partial charge in [0.25, 0.3) is 17.4 Å². The highest BCUT2D eigenvalue weighted by atomic mass is 16.7. The van der Waals surface area contributed by atoms with E-state index >= 15 is 0 Å². The molecule has 1 unspecified atom stereocenters. The minimum Gasteiger partial charge on any atom is -0.489 e. The highest BCUT2D eigenvalue weighted by molar-refractivity contribution is 6.04. The van der Waals surface area contributed by atoms with E-state index in [1.165, 1.54) is 0 Å². The van der Waals surface area contributed by atoms with E-state index in [1.807, 2.05) is 62.4 Å². The summed E-state index contributed by atoms with van der Waals surface area (Å²) in [5.74, 6) is -1.48. The number of nitrogens with zero attached hydrogens (tertiary/aromatic N) is 1. The van der Waals surface area contributed by atoms with Crippen molar-refractivity contribution in [3.8, 4) is 11.5 Å².